The third-order valence-electron chi connectivity index (χ3n) is 7.24. The van der Waals surface area contributed by atoms with Crippen LogP contribution in [0.25, 0.3) is 33.5 Å². The van der Waals surface area contributed by atoms with Crippen molar-refractivity contribution in [1.82, 2.24) is 25.3 Å². The van der Waals surface area contributed by atoms with Crippen LogP contribution in [0, 0.1) is 11.7 Å². The molecule has 0 amide bonds. The van der Waals surface area contributed by atoms with Gasteiger partial charge in [-0.3, -0.25) is 4.98 Å². The zero-order valence-electron chi connectivity index (χ0n) is 21.2. The van der Waals surface area contributed by atoms with E-state index in [1.165, 1.54) is 12.3 Å². The molecule has 8 nitrogen and oxygen atoms in total. The Morgan fingerprint density at radius 3 is 2.59 bits per heavy atom. The Hall–Kier alpha value is -3.83. The highest BCUT2D eigenvalue weighted by Crippen LogP contribution is 2.31. The summed E-state index contributed by atoms with van der Waals surface area (Å²) in [5.41, 5.74) is 3.67. The van der Waals surface area contributed by atoms with E-state index in [4.69, 9.17) is 9.72 Å². The first-order valence-corrected chi connectivity index (χ1v) is 13.0. The third-order valence-corrected chi connectivity index (χ3v) is 7.24. The lowest BCUT2D eigenvalue weighted by molar-refractivity contribution is -0.0728. The van der Waals surface area contributed by atoms with Crippen molar-refractivity contribution in [2.24, 2.45) is 5.92 Å². The van der Waals surface area contributed by atoms with Crippen molar-refractivity contribution < 1.29 is 17.9 Å². The maximum atomic E-state index is 15.0. The zero-order chi connectivity index (χ0) is 26.8. The summed E-state index contributed by atoms with van der Waals surface area (Å²) >= 11 is 0. The second-order valence-corrected chi connectivity index (χ2v) is 9.80. The van der Waals surface area contributed by atoms with Gasteiger partial charge in [0.2, 0.25) is 0 Å². The number of hydrogen-bond acceptors (Lipinski definition) is 8. The largest absolute Gasteiger partial charge is 0.378 e. The van der Waals surface area contributed by atoms with Crippen LogP contribution in [-0.4, -0.2) is 71.8 Å². The van der Waals surface area contributed by atoms with Gasteiger partial charge in [-0.05, 0) is 30.3 Å². The Labute approximate surface area is 223 Å². The molecule has 0 saturated carbocycles. The van der Waals surface area contributed by atoms with Gasteiger partial charge in [0.25, 0.3) is 5.92 Å². The van der Waals surface area contributed by atoms with E-state index >= 15 is 0 Å². The molecule has 39 heavy (non-hydrogen) atoms. The quantitative estimate of drug-likeness (QED) is 0.376. The van der Waals surface area contributed by atoms with Crippen LogP contribution < -0.4 is 15.5 Å². The number of nitrogens with one attached hydrogen (secondary N) is 2. The van der Waals surface area contributed by atoms with Crippen molar-refractivity contribution >= 4 is 22.4 Å². The molecular weight excluding hydrogens is 507 g/mol. The lowest BCUT2D eigenvalue weighted by atomic mass is 9.95. The molecule has 0 bridgehead atoms. The van der Waals surface area contributed by atoms with E-state index in [0.717, 1.165) is 5.39 Å². The van der Waals surface area contributed by atoms with Crippen LogP contribution in [0.5, 0.6) is 0 Å². The number of rotatable bonds is 6. The normalized spacial score (nSPS) is 19.3. The van der Waals surface area contributed by atoms with Crippen molar-refractivity contribution in [3.05, 3.63) is 60.8 Å². The number of morpholine rings is 1. The van der Waals surface area contributed by atoms with E-state index in [0.29, 0.717) is 72.5 Å². The molecule has 1 aromatic carbocycles. The molecule has 0 spiro atoms. The van der Waals surface area contributed by atoms with Crippen molar-refractivity contribution in [3.8, 4) is 22.6 Å². The smallest absolute Gasteiger partial charge is 0.255 e. The fourth-order valence-corrected chi connectivity index (χ4v) is 4.93. The van der Waals surface area contributed by atoms with Crippen LogP contribution >= 0.6 is 0 Å². The molecular formula is C28H28F3N7O. The van der Waals surface area contributed by atoms with Gasteiger partial charge in [-0.1, -0.05) is 6.07 Å². The van der Waals surface area contributed by atoms with Crippen molar-refractivity contribution in [3.63, 3.8) is 0 Å². The molecule has 5 heterocycles. The van der Waals surface area contributed by atoms with Gasteiger partial charge < -0.3 is 20.3 Å². The average molecular weight is 536 g/mol. The Morgan fingerprint density at radius 1 is 0.974 bits per heavy atom. The van der Waals surface area contributed by atoms with Crippen LogP contribution in [0.2, 0.25) is 0 Å². The zero-order valence-corrected chi connectivity index (χ0v) is 21.2. The fourth-order valence-electron chi connectivity index (χ4n) is 4.93. The van der Waals surface area contributed by atoms with E-state index in [2.05, 4.69) is 25.6 Å². The molecule has 4 aromatic rings. The Balaban J connectivity index is 1.19. The van der Waals surface area contributed by atoms with Crippen molar-refractivity contribution in [1.29, 1.82) is 0 Å². The number of hydrogen-bond donors (Lipinski definition) is 2. The molecule has 6 rings (SSSR count). The van der Waals surface area contributed by atoms with Gasteiger partial charge >= 0.3 is 0 Å². The molecule has 2 N–H and O–H groups in total. The van der Waals surface area contributed by atoms with Gasteiger partial charge in [-0.2, -0.15) is 0 Å². The Bertz CT molecular complexity index is 1460. The predicted molar refractivity (Wildman–Crippen MR) is 143 cm³/mol. The topological polar surface area (TPSA) is 88.1 Å². The number of piperidine rings is 1. The minimum absolute atomic E-state index is 0.103. The van der Waals surface area contributed by atoms with Crippen molar-refractivity contribution in [2.75, 3.05) is 56.2 Å². The third kappa shape index (κ3) is 5.50. The first-order chi connectivity index (χ1) is 19.0. The molecule has 1 atom stereocenters. The minimum atomic E-state index is -2.70. The number of fused-ring (bicyclic) bond motifs is 1. The second-order valence-electron chi connectivity index (χ2n) is 9.80. The van der Waals surface area contributed by atoms with Gasteiger partial charge in [0.05, 0.1) is 54.1 Å². The average Bonchev–Trinajstić information content (AvgIpc) is 2.96. The number of ether oxygens (including phenoxy) is 1. The monoisotopic (exact) mass is 535 g/mol. The summed E-state index contributed by atoms with van der Waals surface area (Å²) < 4.78 is 48.5. The number of nitrogens with zero attached hydrogens (tertiary/aromatic N) is 5. The van der Waals surface area contributed by atoms with Gasteiger partial charge in [0.1, 0.15) is 17.3 Å². The number of alkyl halides is 2. The molecule has 2 aliphatic rings. The van der Waals surface area contributed by atoms with E-state index in [1.54, 1.807) is 18.5 Å². The van der Waals surface area contributed by atoms with Crippen LogP contribution in [0.3, 0.4) is 0 Å². The number of benzene rings is 1. The van der Waals surface area contributed by atoms with E-state index < -0.39 is 11.8 Å². The Morgan fingerprint density at radius 2 is 1.82 bits per heavy atom. The summed E-state index contributed by atoms with van der Waals surface area (Å²) in [4.78, 5) is 20.0. The highest BCUT2D eigenvalue weighted by atomic mass is 19.3. The molecule has 0 aliphatic carbocycles. The standard InChI is InChI=1S/C28H28F3N7O/c29-21-11-18(2-4-26(21)38-7-9-39-10-8-38)23-12-24-19(13-33-23)1-3-22(37-24)25-16-36-27(17-34-25)35-15-20-14-32-6-5-28(20,30)31/h1-4,11-13,16-17,20,32H,5-10,14-15H2,(H,35,36)/t20-/m0/s1. The van der Waals surface area contributed by atoms with Crippen LogP contribution in [0.15, 0.2) is 55.0 Å². The minimum Gasteiger partial charge on any atom is -0.378 e. The number of halogens is 3. The summed E-state index contributed by atoms with van der Waals surface area (Å²) in [6.07, 6.45) is 4.63. The first-order valence-electron chi connectivity index (χ1n) is 13.0. The van der Waals surface area contributed by atoms with Crippen LogP contribution in [-0.2, 0) is 4.74 Å². The van der Waals surface area contributed by atoms with Gasteiger partial charge in [-0.15, -0.1) is 0 Å². The van der Waals surface area contributed by atoms with Crippen LogP contribution in [0.1, 0.15) is 6.42 Å². The molecule has 0 radical (unpaired) electrons. The molecule has 2 saturated heterocycles. The number of aromatic nitrogens is 4. The van der Waals surface area contributed by atoms with E-state index in [-0.39, 0.29) is 25.3 Å². The van der Waals surface area contributed by atoms with E-state index in [9.17, 15) is 13.2 Å². The highest BCUT2D eigenvalue weighted by molar-refractivity contribution is 5.84. The van der Waals surface area contributed by atoms with Crippen molar-refractivity contribution in [2.45, 2.75) is 12.3 Å². The summed E-state index contributed by atoms with van der Waals surface area (Å²) in [6, 6.07) is 10.7. The van der Waals surface area contributed by atoms with Gasteiger partial charge in [0, 0.05) is 56.3 Å². The molecule has 0 unspecified atom stereocenters. The summed E-state index contributed by atoms with van der Waals surface area (Å²) in [7, 11) is 0. The van der Waals surface area contributed by atoms with E-state index in [1.807, 2.05) is 29.2 Å². The number of pyridine rings is 2. The molecule has 3 aromatic heterocycles. The SMILES string of the molecule is Fc1cc(-c2cc3nc(-c4cnc(NC[C@@H]5CNCCC5(F)F)cn4)ccc3cn2)ccc1N1CCOCC1. The molecule has 2 aliphatic heterocycles. The highest BCUT2D eigenvalue weighted by Gasteiger charge is 2.41. The predicted octanol–water partition coefficient (Wildman–Crippen LogP) is 4.39. The van der Waals surface area contributed by atoms with Crippen LogP contribution in [0.4, 0.5) is 24.7 Å². The first kappa shape index (κ1) is 25.4. The summed E-state index contributed by atoms with van der Waals surface area (Å²) in [5, 5.41) is 6.82. The number of anilines is 2. The summed E-state index contributed by atoms with van der Waals surface area (Å²) in [5.74, 6) is -3.38. The maximum Gasteiger partial charge on any atom is 0.255 e. The fraction of sp³-hybridized carbons (Fsp3) is 0.357. The Kier molecular flexibility index (Phi) is 7.01. The second kappa shape index (κ2) is 10.7. The van der Waals surface area contributed by atoms with Gasteiger partial charge in [0.15, 0.2) is 0 Å². The summed E-state index contributed by atoms with van der Waals surface area (Å²) in [6.45, 7) is 3.17. The maximum absolute atomic E-state index is 15.0. The molecule has 202 valence electrons. The lowest BCUT2D eigenvalue weighted by Gasteiger charge is -2.32. The molecule has 2 fully saturated rings. The lowest BCUT2D eigenvalue weighted by Crippen LogP contribution is -2.47. The molecule has 11 heteroatoms. The van der Waals surface area contributed by atoms with Gasteiger partial charge in [-0.25, -0.2) is 28.1 Å².